The van der Waals surface area contributed by atoms with Crippen molar-refractivity contribution in [3.8, 4) is 5.75 Å². The van der Waals surface area contributed by atoms with Crippen LogP contribution in [0.5, 0.6) is 5.75 Å². The van der Waals surface area contributed by atoms with Crippen LogP contribution in [0.1, 0.15) is 28.7 Å². The lowest BCUT2D eigenvalue weighted by Gasteiger charge is -2.06. The van der Waals surface area contributed by atoms with Crippen LogP contribution in [-0.4, -0.2) is 20.5 Å². The quantitative estimate of drug-likeness (QED) is 0.785. The number of nitrogens with zero attached hydrogens (tertiary/aromatic N) is 2. The molecule has 5 heteroatoms. The van der Waals surface area contributed by atoms with Crippen LogP contribution < -0.4 is 4.74 Å². The summed E-state index contributed by atoms with van der Waals surface area (Å²) in [5.74, 6) is -0.316. The largest absolute Gasteiger partial charge is 0.487 e. The van der Waals surface area contributed by atoms with Gasteiger partial charge in [-0.3, -0.25) is 4.40 Å². The molecule has 22 heavy (non-hydrogen) atoms. The highest BCUT2D eigenvalue weighted by atomic mass is 16.5. The van der Waals surface area contributed by atoms with Gasteiger partial charge in [0.2, 0.25) is 0 Å². The molecule has 1 N–H and O–H groups in total. The van der Waals surface area contributed by atoms with Gasteiger partial charge in [-0.05, 0) is 36.2 Å². The van der Waals surface area contributed by atoms with Gasteiger partial charge in [0.25, 0.3) is 0 Å². The molecular formula is C17H16N2O3. The van der Waals surface area contributed by atoms with E-state index in [0.717, 1.165) is 6.42 Å². The first-order valence-corrected chi connectivity index (χ1v) is 7.10. The van der Waals surface area contributed by atoms with Gasteiger partial charge in [-0.1, -0.05) is 25.1 Å². The Morgan fingerprint density at radius 1 is 1.23 bits per heavy atom. The van der Waals surface area contributed by atoms with Crippen molar-refractivity contribution in [3.63, 3.8) is 0 Å². The van der Waals surface area contributed by atoms with Crippen molar-refractivity contribution in [2.45, 2.75) is 20.0 Å². The van der Waals surface area contributed by atoms with Crippen LogP contribution in [0, 0.1) is 0 Å². The summed E-state index contributed by atoms with van der Waals surface area (Å²) in [6.07, 6.45) is 2.65. The van der Waals surface area contributed by atoms with Crippen molar-refractivity contribution in [3.05, 3.63) is 65.6 Å². The molecule has 3 aromatic rings. The maximum absolute atomic E-state index is 11.5. The molecule has 0 radical (unpaired) electrons. The zero-order chi connectivity index (χ0) is 15.5. The van der Waals surface area contributed by atoms with E-state index in [1.807, 2.05) is 30.3 Å². The third-order valence-corrected chi connectivity index (χ3v) is 3.51. The van der Waals surface area contributed by atoms with Gasteiger partial charge in [0.1, 0.15) is 23.7 Å². The monoisotopic (exact) mass is 296 g/mol. The van der Waals surface area contributed by atoms with Crippen LogP contribution in [0.25, 0.3) is 5.65 Å². The molecule has 2 aromatic heterocycles. The van der Waals surface area contributed by atoms with Crippen LogP contribution in [0.4, 0.5) is 0 Å². The molecule has 5 nitrogen and oxygen atoms in total. The van der Waals surface area contributed by atoms with Crippen molar-refractivity contribution >= 4 is 11.6 Å². The van der Waals surface area contributed by atoms with Gasteiger partial charge in [-0.15, -0.1) is 0 Å². The molecule has 0 saturated carbocycles. The molecule has 2 heterocycles. The second kappa shape index (κ2) is 5.89. The van der Waals surface area contributed by atoms with Crippen molar-refractivity contribution in [2.75, 3.05) is 0 Å². The van der Waals surface area contributed by atoms with E-state index < -0.39 is 5.97 Å². The Balaban J connectivity index is 1.86. The van der Waals surface area contributed by atoms with E-state index in [4.69, 9.17) is 4.74 Å². The number of carboxylic acids is 1. The van der Waals surface area contributed by atoms with Gasteiger partial charge in [0, 0.05) is 6.20 Å². The number of pyridine rings is 1. The topological polar surface area (TPSA) is 63.8 Å². The van der Waals surface area contributed by atoms with Crippen molar-refractivity contribution < 1.29 is 14.6 Å². The van der Waals surface area contributed by atoms with E-state index in [0.29, 0.717) is 17.1 Å². The lowest BCUT2D eigenvalue weighted by atomic mass is 10.2. The van der Waals surface area contributed by atoms with Crippen molar-refractivity contribution in [1.82, 2.24) is 9.38 Å². The van der Waals surface area contributed by atoms with Gasteiger partial charge in [0.05, 0.1) is 0 Å². The summed E-state index contributed by atoms with van der Waals surface area (Å²) < 4.78 is 7.23. The highest BCUT2D eigenvalue weighted by molar-refractivity contribution is 5.88. The van der Waals surface area contributed by atoms with Gasteiger partial charge < -0.3 is 9.84 Å². The van der Waals surface area contributed by atoms with Gasteiger partial charge in [-0.2, -0.15) is 0 Å². The SMILES string of the molecule is CCc1ccc(OCc2nc3ccccn3c2C(=O)O)cc1. The summed E-state index contributed by atoms with van der Waals surface area (Å²) in [5, 5.41) is 9.40. The Hall–Kier alpha value is -2.82. The number of carboxylic acid groups (broad SMARTS) is 1. The van der Waals surface area contributed by atoms with E-state index >= 15 is 0 Å². The predicted molar refractivity (Wildman–Crippen MR) is 82.3 cm³/mol. The lowest BCUT2D eigenvalue weighted by molar-refractivity contribution is 0.0686. The number of aryl methyl sites for hydroxylation is 1. The van der Waals surface area contributed by atoms with Crippen LogP contribution in [-0.2, 0) is 13.0 Å². The Labute approximate surface area is 127 Å². The minimum absolute atomic E-state index is 0.120. The number of hydrogen-bond acceptors (Lipinski definition) is 3. The number of aromatic nitrogens is 2. The molecule has 0 aliphatic carbocycles. The fourth-order valence-electron chi connectivity index (χ4n) is 2.34. The van der Waals surface area contributed by atoms with E-state index in [2.05, 4.69) is 11.9 Å². The third kappa shape index (κ3) is 2.65. The second-order valence-electron chi connectivity index (χ2n) is 4.93. The molecule has 0 spiro atoms. The number of fused-ring (bicyclic) bond motifs is 1. The Morgan fingerprint density at radius 3 is 2.68 bits per heavy atom. The Bertz CT molecular complexity index is 806. The number of ether oxygens (including phenoxy) is 1. The number of imidazole rings is 1. The third-order valence-electron chi connectivity index (χ3n) is 3.51. The summed E-state index contributed by atoms with van der Waals surface area (Å²) >= 11 is 0. The average Bonchev–Trinajstić information content (AvgIpc) is 2.92. The number of benzene rings is 1. The lowest BCUT2D eigenvalue weighted by Crippen LogP contribution is -2.07. The number of hydrogen-bond donors (Lipinski definition) is 1. The summed E-state index contributed by atoms with van der Waals surface area (Å²) in [7, 11) is 0. The molecule has 0 bridgehead atoms. The van der Waals surface area contributed by atoms with E-state index in [9.17, 15) is 9.90 Å². The molecule has 112 valence electrons. The van der Waals surface area contributed by atoms with E-state index in [1.165, 1.54) is 5.56 Å². The van der Waals surface area contributed by atoms with Gasteiger partial charge in [-0.25, -0.2) is 9.78 Å². The number of carbonyl (C=O) groups is 1. The molecule has 0 aliphatic rings. The minimum Gasteiger partial charge on any atom is -0.487 e. The first-order chi connectivity index (χ1) is 10.7. The summed E-state index contributed by atoms with van der Waals surface area (Å²) in [6.45, 7) is 2.21. The smallest absolute Gasteiger partial charge is 0.354 e. The minimum atomic E-state index is -1.02. The van der Waals surface area contributed by atoms with Gasteiger partial charge in [0.15, 0.2) is 5.69 Å². The predicted octanol–water partition coefficient (Wildman–Crippen LogP) is 3.17. The second-order valence-corrected chi connectivity index (χ2v) is 4.93. The van der Waals surface area contributed by atoms with Gasteiger partial charge >= 0.3 is 5.97 Å². The first kappa shape index (κ1) is 14.1. The number of rotatable bonds is 5. The van der Waals surface area contributed by atoms with E-state index in [1.54, 1.807) is 22.7 Å². The molecule has 0 aliphatic heterocycles. The maximum Gasteiger partial charge on any atom is 0.354 e. The summed E-state index contributed by atoms with van der Waals surface area (Å²) in [6, 6.07) is 13.1. The molecular weight excluding hydrogens is 280 g/mol. The van der Waals surface area contributed by atoms with Crippen LogP contribution in [0.15, 0.2) is 48.7 Å². The highest BCUT2D eigenvalue weighted by Crippen LogP contribution is 2.17. The summed E-state index contributed by atoms with van der Waals surface area (Å²) in [4.78, 5) is 15.8. The normalized spacial score (nSPS) is 10.8. The van der Waals surface area contributed by atoms with Crippen molar-refractivity contribution in [2.24, 2.45) is 0 Å². The van der Waals surface area contributed by atoms with Crippen LogP contribution in [0.3, 0.4) is 0 Å². The maximum atomic E-state index is 11.5. The molecule has 0 unspecified atom stereocenters. The highest BCUT2D eigenvalue weighted by Gasteiger charge is 2.18. The molecule has 0 saturated heterocycles. The molecule has 1 aromatic carbocycles. The first-order valence-electron chi connectivity index (χ1n) is 7.10. The molecule has 0 atom stereocenters. The Kier molecular flexibility index (Phi) is 3.78. The molecule has 3 rings (SSSR count). The molecule has 0 amide bonds. The number of aromatic carboxylic acids is 1. The van der Waals surface area contributed by atoms with Crippen LogP contribution >= 0.6 is 0 Å². The van der Waals surface area contributed by atoms with Crippen molar-refractivity contribution in [1.29, 1.82) is 0 Å². The van der Waals surface area contributed by atoms with E-state index in [-0.39, 0.29) is 12.3 Å². The zero-order valence-corrected chi connectivity index (χ0v) is 12.2. The fourth-order valence-corrected chi connectivity index (χ4v) is 2.34. The zero-order valence-electron chi connectivity index (χ0n) is 12.2. The molecule has 0 fully saturated rings. The standard InChI is InChI=1S/C17H16N2O3/c1-2-12-6-8-13(9-7-12)22-11-14-16(17(20)21)19-10-4-3-5-15(19)18-14/h3-10H,2,11H2,1H3,(H,20,21). The van der Waals surface area contributed by atoms with Crippen LogP contribution in [0.2, 0.25) is 0 Å². The summed E-state index contributed by atoms with van der Waals surface area (Å²) in [5.41, 5.74) is 2.38. The Morgan fingerprint density at radius 2 is 2.00 bits per heavy atom. The fraction of sp³-hybridized carbons (Fsp3) is 0.176. The average molecular weight is 296 g/mol.